The fourth-order valence-electron chi connectivity index (χ4n) is 3.75. The number of rotatable bonds is 10. The number of hydrogen-bond donors (Lipinski definition) is 2. The number of anilines is 1. The lowest BCUT2D eigenvalue weighted by atomic mass is 10.1. The van der Waals surface area contributed by atoms with Crippen LogP contribution in [0.1, 0.15) is 19.8 Å². The Morgan fingerprint density at radius 3 is 2.66 bits per heavy atom. The first-order chi connectivity index (χ1) is 17.0. The van der Waals surface area contributed by atoms with Gasteiger partial charge in [0.05, 0.1) is 25.7 Å². The van der Waals surface area contributed by atoms with Crippen LogP contribution in [0.3, 0.4) is 0 Å². The first kappa shape index (κ1) is 24.4. The van der Waals surface area contributed by atoms with Gasteiger partial charge < -0.3 is 19.8 Å². The average molecular weight is 493 g/mol. The Labute approximate surface area is 207 Å². The molecule has 2 heterocycles. The maximum Gasteiger partial charge on any atom is 0.278 e. The fourth-order valence-corrected chi connectivity index (χ4v) is 4.57. The van der Waals surface area contributed by atoms with Crippen LogP contribution in [0.25, 0.3) is 22.2 Å². The van der Waals surface area contributed by atoms with Crippen molar-refractivity contribution in [1.29, 1.82) is 0 Å². The van der Waals surface area contributed by atoms with Gasteiger partial charge in [-0.25, -0.2) is 4.98 Å². The first-order valence-electron chi connectivity index (χ1n) is 11.4. The summed E-state index contributed by atoms with van der Waals surface area (Å²) in [4.78, 5) is 34.1. The lowest BCUT2D eigenvalue weighted by Crippen LogP contribution is -2.24. The Kier molecular flexibility index (Phi) is 7.77. The number of benzene rings is 2. The van der Waals surface area contributed by atoms with Gasteiger partial charge in [-0.15, -0.1) is 0 Å². The van der Waals surface area contributed by atoms with E-state index in [9.17, 15) is 9.59 Å². The standard InChI is InChI=1S/C26H28N4O4S/c1-4-5-13-30-25(32)24-23(19(15-27-24)17-9-7-6-8-10-17)29-26(30)35-16-22(31)28-20-12-11-18(33-2)14-21(20)34-3/h6-12,14-15,27H,4-5,13,16H2,1-3H3,(H,28,31). The van der Waals surface area contributed by atoms with Gasteiger partial charge in [-0.1, -0.05) is 55.4 Å². The number of fused-ring (bicyclic) bond motifs is 1. The van der Waals surface area contributed by atoms with Crippen molar-refractivity contribution in [2.45, 2.75) is 31.5 Å². The van der Waals surface area contributed by atoms with Crippen molar-refractivity contribution in [2.75, 3.05) is 25.3 Å². The van der Waals surface area contributed by atoms with Crippen LogP contribution in [0.5, 0.6) is 11.5 Å². The zero-order valence-corrected chi connectivity index (χ0v) is 20.8. The Hall–Kier alpha value is -3.72. The normalized spacial score (nSPS) is 10.9. The van der Waals surface area contributed by atoms with Crippen molar-refractivity contribution >= 4 is 34.4 Å². The molecule has 182 valence electrons. The second-order valence-corrected chi connectivity index (χ2v) is 8.84. The predicted octanol–water partition coefficient (Wildman–Crippen LogP) is 4.94. The summed E-state index contributed by atoms with van der Waals surface area (Å²) in [5, 5.41) is 3.39. The molecule has 4 aromatic rings. The number of aromatic amines is 1. The monoisotopic (exact) mass is 492 g/mol. The third-order valence-corrected chi connectivity index (χ3v) is 6.56. The van der Waals surface area contributed by atoms with Crippen molar-refractivity contribution in [2.24, 2.45) is 0 Å². The summed E-state index contributed by atoms with van der Waals surface area (Å²) in [5.74, 6) is 0.992. The van der Waals surface area contributed by atoms with E-state index in [1.165, 1.54) is 18.9 Å². The quantitative estimate of drug-likeness (QED) is 0.240. The van der Waals surface area contributed by atoms with E-state index >= 15 is 0 Å². The smallest absolute Gasteiger partial charge is 0.278 e. The summed E-state index contributed by atoms with van der Waals surface area (Å²) in [6.45, 7) is 2.61. The predicted molar refractivity (Wildman–Crippen MR) is 140 cm³/mol. The van der Waals surface area contributed by atoms with E-state index in [-0.39, 0.29) is 17.2 Å². The van der Waals surface area contributed by atoms with E-state index < -0.39 is 0 Å². The van der Waals surface area contributed by atoms with Gasteiger partial charge in [0.25, 0.3) is 5.56 Å². The van der Waals surface area contributed by atoms with Crippen LogP contribution in [0.15, 0.2) is 64.7 Å². The van der Waals surface area contributed by atoms with Gasteiger partial charge in [-0.2, -0.15) is 0 Å². The van der Waals surface area contributed by atoms with Crippen LogP contribution >= 0.6 is 11.8 Å². The Morgan fingerprint density at radius 1 is 1.14 bits per heavy atom. The van der Waals surface area contributed by atoms with Crippen molar-refractivity contribution < 1.29 is 14.3 Å². The van der Waals surface area contributed by atoms with Gasteiger partial charge in [0.1, 0.15) is 22.5 Å². The summed E-state index contributed by atoms with van der Waals surface area (Å²) >= 11 is 1.24. The van der Waals surface area contributed by atoms with Crippen molar-refractivity contribution in [1.82, 2.24) is 14.5 Å². The second-order valence-electron chi connectivity index (χ2n) is 7.90. The molecule has 9 heteroatoms. The SMILES string of the molecule is CCCCn1c(SCC(=O)Nc2ccc(OC)cc2OC)nc2c(-c3ccccc3)c[nH]c2c1=O. The maximum absolute atomic E-state index is 13.3. The number of nitrogens with zero attached hydrogens (tertiary/aromatic N) is 2. The Morgan fingerprint density at radius 2 is 1.94 bits per heavy atom. The van der Waals surface area contributed by atoms with Crippen LogP contribution in [0.2, 0.25) is 0 Å². The first-order valence-corrected chi connectivity index (χ1v) is 12.4. The van der Waals surface area contributed by atoms with Gasteiger partial charge in [0.15, 0.2) is 5.16 Å². The zero-order valence-electron chi connectivity index (χ0n) is 20.0. The number of unbranched alkanes of at least 4 members (excludes halogenated alkanes) is 1. The van der Waals surface area contributed by atoms with Crippen LogP contribution < -0.4 is 20.3 Å². The number of amides is 1. The molecule has 0 saturated carbocycles. The van der Waals surface area contributed by atoms with Crippen molar-refractivity contribution in [3.63, 3.8) is 0 Å². The molecule has 0 saturated heterocycles. The number of thioether (sulfide) groups is 1. The largest absolute Gasteiger partial charge is 0.497 e. The van der Waals surface area contributed by atoms with E-state index in [4.69, 9.17) is 14.5 Å². The molecule has 0 unspecified atom stereocenters. The molecule has 35 heavy (non-hydrogen) atoms. The number of carbonyl (C=O) groups excluding carboxylic acids is 1. The number of carbonyl (C=O) groups is 1. The molecule has 2 aromatic heterocycles. The molecule has 4 rings (SSSR count). The Bertz CT molecular complexity index is 1380. The summed E-state index contributed by atoms with van der Waals surface area (Å²) in [6.07, 6.45) is 3.59. The lowest BCUT2D eigenvalue weighted by molar-refractivity contribution is -0.113. The zero-order chi connectivity index (χ0) is 24.8. The number of hydrogen-bond acceptors (Lipinski definition) is 6. The van der Waals surface area contributed by atoms with Gasteiger partial charge in [0.2, 0.25) is 5.91 Å². The highest BCUT2D eigenvalue weighted by Gasteiger charge is 2.18. The number of ether oxygens (including phenoxy) is 2. The molecule has 0 atom stereocenters. The summed E-state index contributed by atoms with van der Waals surface area (Å²) in [6, 6.07) is 15.0. The van der Waals surface area contributed by atoms with Gasteiger partial charge >= 0.3 is 0 Å². The van der Waals surface area contributed by atoms with Crippen LogP contribution in [-0.2, 0) is 11.3 Å². The summed E-state index contributed by atoms with van der Waals surface area (Å²) in [5.41, 5.74) is 3.31. The second kappa shape index (κ2) is 11.1. The molecule has 0 aliphatic carbocycles. The summed E-state index contributed by atoms with van der Waals surface area (Å²) in [7, 11) is 3.10. The van der Waals surface area contributed by atoms with Gasteiger partial charge in [0, 0.05) is 24.4 Å². The minimum atomic E-state index is -0.229. The number of methoxy groups -OCH3 is 2. The molecule has 2 N–H and O–H groups in total. The van der Waals surface area contributed by atoms with Crippen LogP contribution in [-0.4, -0.2) is 40.4 Å². The minimum absolute atomic E-state index is 0.0876. The van der Waals surface area contributed by atoms with Crippen molar-refractivity contribution in [3.05, 3.63) is 65.1 Å². The molecule has 0 bridgehead atoms. The van der Waals surface area contributed by atoms with E-state index in [0.717, 1.165) is 24.0 Å². The molecule has 0 spiro atoms. The highest BCUT2D eigenvalue weighted by atomic mass is 32.2. The van der Waals surface area contributed by atoms with Crippen LogP contribution in [0, 0.1) is 0 Å². The molecule has 8 nitrogen and oxygen atoms in total. The van der Waals surface area contributed by atoms with Crippen LogP contribution in [0.4, 0.5) is 5.69 Å². The third kappa shape index (κ3) is 5.35. The third-order valence-electron chi connectivity index (χ3n) is 5.59. The molecular weight excluding hydrogens is 464 g/mol. The van der Waals surface area contributed by atoms with Gasteiger partial charge in [-0.05, 0) is 24.1 Å². The number of nitrogens with one attached hydrogen (secondary N) is 2. The molecular formula is C26H28N4O4S. The van der Waals surface area contributed by atoms with E-state index in [1.54, 1.807) is 29.9 Å². The van der Waals surface area contributed by atoms with Crippen molar-refractivity contribution in [3.8, 4) is 22.6 Å². The Balaban J connectivity index is 1.62. The minimum Gasteiger partial charge on any atom is -0.497 e. The molecule has 0 aliphatic rings. The number of H-pyrrole nitrogens is 1. The molecule has 0 radical (unpaired) electrons. The molecule has 2 aromatic carbocycles. The molecule has 1 amide bonds. The molecule has 0 fully saturated rings. The molecule has 0 aliphatic heterocycles. The average Bonchev–Trinajstić information content (AvgIpc) is 3.32. The van der Waals surface area contributed by atoms with E-state index in [2.05, 4.69) is 17.2 Å². The highest BCUT2D eigenvalue weighted by Crippen LogP contribution is 2.30. The highest BCUT2D eigenvalue weighted by molar-refractivity contribution is 7.99. The fraction of sp³-hybridized carbons (Fsp3) is 0.269. The van der Waals surface area contributed by atoms with E-state index in [0.29, 0.717) is 39.9 Å². The maximum atomic E-state index is 13.3. The van der Waals surface area contributed by atoms with E-state index in [1.807, 2.05) is 36.5 Å². The number of aromatic nitrogens is 3. The topological polar surface area (TPSA) is 98.2 Å². The summed E-state index contributed by atoms with van der Waals surface area (Å²) < 4.78 is 12.2. The lowest BCUT2D eigenvalue weighted by Gasteiger charge is -2.13. The van der Waals surface area contributed by atoms with Gasteiger partial charge in [-0.3, -0.25) is 14.2 Å².